The lowest BCUT2D eigenvalue weighted by Gasteiger charge is -2.41. The molecule has 0 radical (unpaired) electrons. The molecule has 0 spiro atoms. The predicted octanol–water partition coefficient (Wildman–Crippen LogP) is 3.64. The van der Waals surface area contributed by atoms with Gasteiger partial charge in [-0.25, -0.2) is 0 Å². The van der Waals surface area contributed by atoms with Gasteiger partial charge in [0.25, 0.3) is 0 Å². The largest absolute Gasteiger partial charge is 0.386 e. The molecule has 1 aromatic carbocycles. The van der Waals surface area contributed by atoms with Crippen molar-refractivity contribution in [1.82, 2.24) is 40.0 Å². The number of nitrogens with one attached hydrogen (secondary N) is 2. The minimum atomic E-state index is -0.998. The summed E-state index contributed by atoms with van der Waals surface area (Å²) < 4.78 is 12.0. The molecule has 19 nitrogen and oxygen atoms in total. The Hall–Kier alpha value is -5.31. The molecule has 0 aliphatic carbocycles. The number of thioether (sulfide) groups is 1. The van der Waals surface area contributed by atoms with Crippen LogP contribution in [0.4, 0.5) is 0 Å². The molecule has 408 valence electrons. The van der Waals surface area contributed by atoms with Crippen molar-refractivity contribution in [2.24, 2.45) is 23.7 Å². The number of aliphatic hydroxyl groups excluding tert-OH is 1. The van der Waals surface area contributed by atoms with E-state index in [4.69, 9.17) is 9.47 Å². The van der Waals surface area contributed by atoms with Gasteiger partial charge in [0.15, 0.2) is 0 Å². The molecule has 3 rings (SSSR count). The van der Waals surface area contributed by atoms with Crippen molar-refractivity contribution in [2.75, 3.05) is 66.4 Å². The molecule has 1 aromatic rings. The number of methoxy groups -OCH3 is 2. The van der Waals surface area contributed by atoms with Crippen LogP contribution < -0.4 is 10.6 Å². The van der Waals surface area contributed by atoms with E-state index in [1.54, 1.807) is 42.8 Å². The van der Waals surface area contributed by atoms with Gasteiger partial charge >= 0.3 is 0 Å². The quantitative estimate of drug-likeness (QED) is 0.0851. The van der Waals surface area contributed by atoms with Crippen molar-refractivity contribution in [2.45, 2.75) is 136 Å². The number of carbonyl (C=O) groups excluding carboxylic acids is 8. The molecule has 0 aromatic heterocycles. The predicted molar refractivity (Wildman–Crippen MR) is 281 cm³/mol. The van der Waals surface area contributed by atoms with Gasteiger partial charge in [-0.3, -0.25) is 38.4 Å². The van der Waals surface area contributed by atoms with Crippen molar-refractivity contribution in [3.8, 4) is 0 Å². The zero-order chi connectivity index (χ0) is 54.9. The molecular weight excluding hydrogens is 957 g/mol. The Morgan fingerprint density at radius 1 is 0.808 bits per heavy atom. The number of hydrogen-bond acceptors (Lipinski definition) is 12. The van der Waals surface area contributed by atoms with Gasteiger partial charge in [-0.15, -0.1) is 0 Å². The molecule has 2 fully saturated rings. The van der Waals surface area contributed by atoms with E-state index < -0.39 is 72.2 Å². The Bertz CT molecular complexity index is 2030. The first kappa shape index (κ1) is 62.0. The molecule has 0 bridgehead atoms. The highest BCUT2D eigenvalue weighted by Gasteiger charge is 2.44. The van der Waals surface area contributed by atoms with E-state index in [0.717, 1.165) is 12.2 Å². The first-order valence-corrected chi connectivity index (χ1v) is 26.5. The van der Waals surface area contributed by atoms with Crippen LogP contribution in [0.5, 0.6) is 0 Å². The minimum Gasteiger partial charge on any atom is -0.386 e. The number of ether oxygens (including phenoxy) is 2. The van der Waals surface area contributed by atoms with Crippen LogP contribution in [-0.4, -0.2) is 191 Å². The number of benzene rings is 1. The zero-order valence-corrected chi connectivity index (χ0v) is 46.1. The van der Waals surface area contributed by atoms with E-state index in [1.807, 2.05) is 59.7 Å². The third kappa shape index (κ3) is 16.6. The Labute approximate surface area is 437 Å². The van der Waals surface area contributed by atoms with E-state index in [-0.39, 0.29) is 91.6 Å². The highest BCUT2D eigenvalue weighted by atomic mass is 32.2. The monoisotopic (exact) mass is 1040 g/mol. The third-order valence-electron chi connectivity index (χ3n) is 14.2. The molecule has 10 atom stereocenters. The van der Waals surface area contributed by atoms with Crippen LogP contribution in [0.3, 0.4) is 0 Å². The van der Waals surface area contributed by atoms with Crippen LogP contribution >= 0.6 is 11.8 Å². The van der Waals surface area contributed by atoms with Crippen LogP contribution in [0.25, 0.3) is 0 Å². The average Bonchev–Trinajstić information content (AvgIpc) is 3.87. The number of aliphatic hydroxyl groups is 1. The first-order chi connectivity index (χ1) is 34.5. The van der Waals surface area contributed by atoms with Gasteiger partial charge in [0.05, 0.1) is 74.5 Å². The van der Waals surface area contributed by atoms with Crippen molar-refractivity contribution in [1.29, 1.82) is 0 Å². The van der Waals surface area contributed by atoms with E-state index in [2.05, 4.69) is 23.8 Å². The standard InChI is InChI=1S/C53H84N8O11S/c1-15-35(8)48(40(71-13)28-44(65)61-26-21-24-39(61)50(72-14)36(9)51(68)54-37(10)49(67)38-22-19-18-20-23-38)57(12)53(70)46(33(4)5)55-52(69)47(34(6)7)56(11)45(66)29-73-27-25-43(64)60-31-58(41(62)16-2)30-59(32-60)42(63)17-3/h16-20,22-23,33-37,39-40,46-50,67H,2-3,15,21,24-32H2,1,4-14H3,(H,54,68)(H,55,69)/t35-,36-,37-,39+,40-,46+,47+,48+,49-,50-/m1/s1. The smallest absolute Gasteiger partial charge is 0.248 e. The first-order valence-electron chi connectivity index (χ1n) is 25.4. The molecule has 2 heterocycles. The van der Waals surface area contributed by atoms with Gasteiger partial charge < -0.3 is 54.6 Å². The summed E-state index contributed by atoms with van der Waals surface area (Å²) in [6, 6.07) is 5.56. The molecular formula is C53H84N8O11S. The van der Waals surface area contributed by atoms with Crippen molar-refractivity contribution in [3.63, 3.8) is 0 Å². The molecule has 3 N–H and O–H groups in total. The Morgan fingerprint density at radius 2 is 1.40 bits per heavy atom. The van der Waals surface area contributed by atoms with Gasteiger partial charge in [-0.1, -0.05) is 98.4 Å². The van der Waals surface area contributed by atoms with Crippen LogP contribution in [0.2, 0.25) is 0 Å². The van der Waals surface area contributed by atoms with E-state index in [0.29, 0.717) is 31.4 Å². The molecule has 20 heteroatoms. The second-order valence-electron chi connectivity index (χ2n) is 20.0. The second kappa shape index (κ2) is 29.5. The fraction of sp³-hybridized carbons (Fsp3) is 0.660. The number of amides is 8. The summed E-state index contributed by atoms with van der Waals surface area (Å²) >= 11 is 1.21. The number of likely N-dealkylation sites (tertiary alicyclic amines) is 1. The van der Waals surface area contributed by atoms with Crippen LogP contribution in [0.1, 0.15) is 99.2 Å². The number of likely N-dealkylation sites (N-methyl/N-ethyl adjacent to an activating group) is 2. The Morgan fingerprint density at radius 3 is 1.92 bits per heavy atom. The summed E-state index contributed by atoms with van der Waals surface area (Å²) in [6.07, 6.45) is 1.85. The summed E-state index contributed by atoms with van der Waals surface area (Å²) in [5, 5.41) is 16.8. The zero-order valence-electron chi connectivity index (χ0n) is 45.3. The molecule has 8 amide bonds. The van der Waals surface area contributed by atoms with Crippen LogP contribution in [-0.2, 0) is 47.8 Å². The summed E-state index contributed by atoms with van der Waals surface area (Å²) in [5.74, 6) is -4.26. The summed E-state index contributed by atoms with van der Waals surface area (Å²) in [6.45, 7) is 22.1. The normalized spacial score (nSPS) is 18.6. The van der Waals surface area contributed by atoms with Gasteiger partial charge in [0, 0.05) is 47.0 Å². The second-order valence-corrected chi connectivity index (χ2v) is 21.1. The van der Waals surface area contributed by atoms with E-state index >= 15 is 0 Å². The summed E-state index contributed by atoms with van der Waals surface area (Å²) in [7, 11) is 6.23. The molecule has 2 saturated heterocycles. The number of nitrogens with zero attached hydrogens (tertiary/aromatic N) is 6. The number of carbonyl (C=O) groups is 8. The highest BCUT2D eigenvalue weighted by Crippen LogP contribution is 2.30. The fourth-order valence-corrected chi connectivity index (χ4v) is 10.6. The number of hydrogen-bond donors (Lipinski definition) is 3. The van der Waals surface area contributed by atoms with Crippen molar-refractivity contribution in [3.05, 3.63) is 61.2 Å². The Balaban J connectivity index is 1.69. The summed E-state index contributed by atoms with van der Waals surface area (Å²) in [4.78, 5) is 117. The van der Waals surface area contributed by atoms with E-state index in [1.165, 1.54) is 52.6 Å². The van der Waals surface area contributed by atoms with Crippen LogP contribution in [0.15, 0.2) is 55.6 Å². The van der Waals surface area contributed by atoms with Crippen molar-refractivity contribution >= 4 is 59.0 Å². The van der Waals surface area contributed by atoms with Gasteiger partial charge in [0.1, 0.15) is 12.1 Å². The van der Waals surface area contributed by atoms with Crippen molar-refractivity contribution < 1.29 is 52.9 Å². The number of rotatable bonds is 27. The molecule has 2 aliphatic rings. The third-order valence-corrected chi connectivity index (χ3v) is 15.2. The van der Waals surface area contributed by atoms with Gasteiger partial charge in [0.2, 0.25) is 47.3 Å². The topological polar surface area (TPSA) is 219 Å². The maximum Gasteiger partial charge on any atom is 0.248 e. The van der Waals surface area contributed by atoms with Gasteiger partial charge in [-0.2, -0.15) is 11.8 Å². The van der Waals surface area contributed by atoms with Gasteiger partial charge in [-0.05, 0) is 55.2 Å². The SMILES string of the molecule is C=CC(=O)N1CN(C(=O)C=C)CN(C(=O)CCSCC(=O)N(C)[C@H](C(=O)N[C@H](C(=O)N(C)[C@@H]([C@H](C)CC)[C@@H](CC(=O)N2CCC[C@H]2[C@H](OC)[C@@H](C)C(=O)N[C@H](C)[C@@H](O)c2ccccc2)OC)C(C)C)C(C)C)C1. The lowest BCUT2D eigenvalue weighted by molar-refractivity contribution is -0.154. The molecule has 0 saturated carbocycles. The molecule has 0 unspecified atom stereocenters. The lowest BCUT2D eigenvalue weighted by atomic mass is 9.89. The lowest BCUT2D eigenvalue weighted by Crippen LogP contribution is -2.60. The van der Waals surface area contributed by atoms with Crippen LogP contribution in [0, 0.1) is 23.7 Å². The maximum absolute atomic E-state index is 14.7. The maximum atomic E-state index is 14.7. The summed E-state index contributed by atoms with van der Waals surface area (Å²) in [5.41, 5.74) is 0.679. The minimum absolute atomic E-state index is 0.0105. The average molecular weight is 1040 g/mol. The highest BCUT2D eigenvalue weighted by molar-refractivity contribution is 7.99. The fourth-order valence-electron chi connectivity index (χ4n) is 9.76. The molecule has 2 aliphatic heterocycles. The Kier molecular flexibility index (Phi) is 25.1. The van der Waals surface area contributed by atoms with E-state index in [9.17, 15) is 43.5 Å². The molecule has 73 heavy (non-hydrogen) atoms.